The summed E-state index contributed by atoms with van der Waals surface area (Å²) in [6, 6.07) is 5.25. The number of likely N-dealkylation sites (tertiary alicyclic amines) is 2. The molecule has 1 aromatic carbocycles. The van der Waals surface area contributed by atoms with Crippen molar-refractivity contribution in [3.63, 3.8) is 0 Å². The molecule has 2 fully saturated rings. The number of urea groups is 1. The molecule has 3 rings (SSSR count). The van der Waals surface area contributed by atoms with E-state index in [0.29, 0.717) is 38.2 Å². The molecule has 1 unspecified atom stereocenters. The predicted octanol–water partition coefficient (Wildman–Crippen LogP) is 1.17. The van der Waals surface area contributed by atoms with Gasteiger partial charge in [0.05, 0.1) is 0 Å². The lowest BCUT2D eigenvalue weighted by Crippen LogP contribution is -2.41. The zero-order valence-corrected chi connectivity index (χ0v) is 13.8. The topological polar surface area (TPSA) is 81.8 Å². The van der Waals surface area contributed by atoms with Crippen molar-refractivity contribution in [2.75, 3.05) is 31.5 Å². The molecule has 7 nitrogen and oxygen atoms in total. The maximum absolute atomic E-state index is 12.8. The van der Waals surface area contributed by atoms with E-state index in [9.17, 15) is 18.8 Å². The lowest BCUT2D eigenvalue weighted by atomic mass is 10.3. The molecule has 0 saturated carbocycles. The van der Waals surface area contributed by atoms with Crippen LogP contribution in [0.25, 0.3) is 0 Å². The maximum Gasteiger partial charge on any atom is 0.319 e. The van der Waals surface area contributed by atoms with Crippen LogP contribution in [0.2, 0.25) is 0 Å². The van der Waals surface area contributed by atoms with Crippen molar-refractivity contribution in [2.45, 2.75) is 25.3 Å². The fraction of sp³-hybridized carbons (Fsp3) is 0.471. The largest absolute Gasteiger partial charge is 0.334 e. The average Bonchev–Trinajstić information content (AvgIpc) is 3.14. The average molecular weight is 348 g/mol. The molecular formula is C17H21FN4O3. The number of carbonyl (C=O) groups is 3. The Morgan fingerprint density at radius 2 is 1.80 bits per heavy atom. The van der Waals surface area contributed by atoms with E-state index in [-0.39, 0.29) is 29.7 Å². The minimum absolute atomic E-state index is 0.00503. The Balaban J connectivity index is 1.40. The summed E-state index contributed by atoms with van der Waals surface area (Å²) in [6.45, 7) is 2.51. The van der Waals surface area contributed by atoms with E-state index in [2.05, 4.69) is 15.5 Å². The smallest absolute Gasteiger partial charge is 0.319 e. The number of imide groups is 1. The molecule has 0 bridgehead atoms. The number of nitrogens with one attached hydrogen (secondary N) is 2. The van der Waals surface area contributed by atoms with E-state index in [0.717, 1.165) is 13.0 Å². The van der Waals surface area contributed by atoms with Gasteiger partial charge in [-0.2, -0.15) is 0 Å². The van der Waals surface area contributed by atoms with Gasteiger partial charge in [-0.25, -0.2) is 9.18 Å². The Bertz CT molecular complexity index is 648. The highest BCUT2D eigenvalue weighted by atomic mass is 19.1. The molecule has 134 valence electrons. The highest BCUT2D eigenvalue weighted by Crippen LogP contribution is 2.14. The van der Waals surface area contributed by atoms with E-state index in [1.165, 1.54) is 29.2 Å². The third-order valence-corrected chi connectivity index (χ3v) is 4.50. The van der Waals surface area contributed by atoms with Crippen molar-refractivity contribution in [2.24, 2.45) is 0 Å². The lowest BCUT2D eigenvalue weighted by Gasteiger charge is -2.20. The minimum Gasteiger partial charge on any atom is -0.334 e. The number of nitrogens with zero attached hydrogens (tertiary/aromatic N) is 2. The summed E-state index contributed by atoms with van der Waals surface area (Å²) in [6.07, 6.45) is 1.43. The molecule has 2 aliphatic heterocycles. The van der Waals surface area contributed by atoms with Crippen LogP contribution >= 0.6 is 0 Å². The van der Waals surface area contributed by atoms with E-state index in [1.807, 2.05) is 0 Å². The van der Waals surface area contributed by atoms with Crippen molar-refractivity contribution in [1.82, 2.24) is 15.1 Å². The van der Waals surface area contributed by atoms with Gasteiger partial charge in [-0.1, -0.05) is 0 Å². The number of halogens is 1. The van der Waals surface area contributed by atoms with Gasteiger partial charge in [0.25, 0.3) is 0 Å². The Hall–Kier alpha value is -2.48. The summed E-state index contributed by atoms with van der Waals surface area (Å²) in [7, 11) is 0. The Kier molecular flexibility index (Phi) is 5.28. The standard InChI is InChI=1S/C17H21FN4O3/c18-12-1-3-13(4-2-12)19-17(25)20-14-7-8-21(11-14)9-10-22-15(23)5-6-16(22)24/h1-4,14H,5-11H2,(H2,19,20,25). The zero-order chi connectivity index (χ0) is 17.8. The predicted molar refractivity (Wildman–Crippen MR) is 89.4 cm³/mol. The molecule has 1 atom stereocenters. The number of hydrogen-bond donors (Lipinski definition) is 2. The van der Waals surface area contributed by atoms with Gasteiger partial charge in [0, 0.05) is 50.7 Å². The molecule has 2 heterocycles. The second-order valence-corrected chi connectivity index (χ2v) is 6.33. The van der Waals surface area contributed by atoms with E-state index in [4.69, 9.17) is 0 Å². The monoisotopic (exact) mass is 348 g/mol. The van der Waals surface area contributed by atoms with E-state index in [1.54, 1.807) is 0 Å². The van der Waals surface area contributed by atoms with Crippen LogP contribution in [-0.2, 0) is 9.59 Å². The molecule has 0 aromatic heterocycles. The first-order valence-electron chi connectivity index (χ1n) is 8.40. The first kappa shape index (κ1) is 17.3. The first-order valence-corrected chi connectivity index (χ1v) is 8.40. The van der Waals surface area contributed by atoms with E-state index >= 15 is 0 Å². The molecule has 0 radical (unpaired) electrons. The minimum atomic E-state index is -0.354. The molecule has 4 amide bonds. The molecule has 2 saturated heterocycles. The summed E-state index contributed by atoms with van der Waals surface area (Å²) in [5.41, 5.74) is 0.528. The fourth-order valence-corrected chi connectivity index (χ4v) is 3.15. The van der Waals surface area contributed by atoms with Crippen LogP contribution in [0, 0.1) is 5.82 Å². The zero-order valence-electron chi connectivity index (χ0n) is 13.8. The van der Waals surface area contributed by atoms with Crippen molar-refractivity contribution < 1.29 is 18.8 Å². The second kappa shape index (κ2) is 7.60. The summed E-state index contributed by atoms with van der Waals surface area (Å²) < 4.78 is 12.8. The number of benzene rings is 1. The van der Waals surface area contributed by atoms with Crippen molar-refractivity contribution >= 4 is 23.5 Å². The first-order chi connectivity index (χ1) is 12.0. The summed E-state index contributed by atoms with van der Waals surface area (Å²) in [4.78, 5) is 38.6. The highest BCUT2D eigenvalue weighted by molar-refractivity contribution is 6.01. The number of amides is 4. The van der Waals surface area contributed by atoms with Gasteiger partial charge in [-0.3, -0.25) is 19.4 Å². The number of rotatable bonds is 5. The van der Waals surface area contributed by atoms with Gasteiger partial charge in [0.1, 0.15) is 5.82 Å². The van der Waals surface area contributed by atoms with Crippen molar-refractivity contribution in [3.05, 3.63) is 30.1 Å². The molecule has 0 aliphatic carbocycles. The summed E-state index contributed by atoms with van der Waals surface area (Å²) >= 11 is 0. The van der Waals surface area contributed by atoms with Gasteiger partial charge in [0.15, 0.2) is 0 Å². The molecule has 1 aromatic rings. The van der Waals surface area contributed by atoms with Crippen molar-refractivity contribution in [3.8, 4) is 0 Å². The van der Waals surface area contributed by atoms with Crippen LogP contribution in [0.15, 0.2) is 24.3 Å². The molecule has 8 heteroatoms. The third kappa shape index (κ3) is 4.54. The maximum atomic E-state index is 12.8. The van der Waals surface area contributed by atoms with Crippen molar-refractivity contribution in [1.29, 1.82) is 0 Å². The van der Waals surface area contributed by atoms with Crippen LogP contribution in [0.5, 0.6) is 0 Å². The fourth-order valence-electron chi connectivity index (χ4n) is 3.15. The van der Waals surface area contributed by atoms with Crippen LogP contribution in [0.4, 0.5) is 14.9 Å². The molecule has 2 N–H and O–H groups in total. The summed E-state index contributed by atoms with van der Waals surface area (Å²) in [5, 5.41) is 5.55. The normalized spacial score (nSPS) is 21.0. The molecular weight excluding hydrogens is 327 g/mol. The number of carbonyl (C=O) groups excluding carboxylic acids is 3. The van der Waals surface area contributed by atoms with Gasteiger partial charge in [-0.15, -0.1) is 0 Å². The van der Waals surface area contributed by atoms with Gasteiger partial charge < -0.3 is 10.6 Å². The Morgan fingerprint density at radius 1 is 1.12 bits per heavy atom. The van der Waals surface area contributed by atoms with Gasteiger partial charge >= 0.3 is 6.03 Å². The highest BCUT2D eigenvalue weighted by Gasteiger charge is 2.30. The van der Waals surface area contributed by atoms with Crippen LogP contribution in [0.1, 0.15) is 19.3 Å². The molecule has 25 heavy (non-hydrogen) atoms. The number of anilines is 1. The number of hydrogen-bond acceptors (Lipinski definition) is 4. The molecule has 2 aliphatic rings. The van der Waals surface area contributed by atoms with Crippen LogP contribution < -0.4 is 10.6 Å². The van der Waals surface area contributed by atoms with E-state index < -0.39 is 0 Å². The SMILES string of the molecule is O=C(Nc1ccc(F)cc1)NC1CCN(CCN2C(=O)CCC2=O)C1. The summed E-state index contributed by atoms with van der Waals surface area (Å²) in [5.74, 6) is -0.553. The lowest BCUT2D eigenvalue weighted by molar-refractivity contribution is -0.138. The van der Waals surface area contributed by atoms with Gasteiger partial charge in [0.2, 0.25) is 11.8 Å². The van der Waals surface area contributed by atoms with Crippen LogP contribution in [0.3, 0.4) is 0 Å². The van der Waals surface area contributed by atoms with Gasteiger partial charge in [-0.05, 0) is 30.7 Å². The van der Waals surface area contributed by atoms with Crippen LogP contribution in [-0.4, -0.2) is 59.9 Å². The second-order valence-electron chi connectivity index (χ2n) is 6.33. The molecule has 0 spiro atoms. The Morgan fingerprint density at radius 3 is 2.48 bits per heavy atom. The Labute approximate surface area is 145 Å². The quantitative estimate of drug-likeness (QED) is 0.783. The third-order valence-electron chi connectivity index (χ3n) is 4.50.